The summed E-state index contributed by atoms with van der Waals surface area (Å²) in [4.78, 5) is 9.55. The van der Waals surface area contributed by atoms with Crippen molar-refractivity contribution < 1.29 is 4.52 Å². The molecule has 0 radical (unpaired) electrons. The highest BCUT2D eigenvalue weighted by atomic mass is 16.5. The van der Waals surface area contributed by atoms with Crippen LogP contribution in [0.3, 0.4) is 0 Å². The van der Waals surface area contributed by atoms with Gasteiger partial charge in [0.2, 0.25) is 5.95 Å². The Bertz CT molecular complexity index is 1170. The van der Waals surface area contributed by atoms with Crippen LogP contribution in [0.1, 0.15) is 42.7 Å². The van der Waals surface area contributed by atoms with E-state index in [1.54, 1.807) is 0 Å². The van der Waals surface area contributed by atoms with Gasteiger partial charge in [0.1, 0.15) is 5.76 Å². The van der Waals surface area contributed by atoms with Crippen molar-refractivity contribution in [2.45, 2.75) is 58.2 Å². The number of anilines is 1. The number of nitrogens with zero attached hydrogens (tertiary/aromatic N) is 4. The van der Waals surface area contributed by atoms with Crippen LogP contribution in [0, 0.1) is 13.8 Å². The van der Waals surface area contributed by atoms with Crippen molar-refractivity contribution in [1.82, 2.24) is 19.7 Å². The first-order chi connectivity index (χ1) is 15.1. The Morgan fingerprint density at radius 1 is 1.13 bits per heavy atom. The van der Waals surface area contributed by atoms with Gasteiger partial charge in [-0.1, -0.05) is 35.5 Å². The quantitative estimate of drug-likeness (QED) is 0.500. The van der Waals surface area contributed by atoms with Crippen LogP contribution in [0.25, 0.3) is 22.3 Å². The van der Waals surface area contributed by atoms with Crippen molar-refractivity contribution in [2.24, 2.45) is 5.73 Å². The van der Waals surface area contributed by atoms with E-state index in [-0.39, 0.29) is 0 Å². The molecule has 4 aromatic rings. The van der Waals surface area contributed by atoms with Crippen LogP contribution < -0.4 is 11.1 Å². The van der Waals surface area contributed by atoms with Crippen molar-refractivity contribution in [3.05, 3.63) is 59.6 Å². The molecule has 5 rings (SSSR count). The van der Waals surface area contributed by atoms with Gasteiger partial charge < -0.3 is 20.1 Å². The number of benzene rings is 1. The lowest BCUT2D eigenvalue weighted by Gasteiger charge is -2.27. The lowest BCUT2D eigenvalue weighted by molar-refractivity contribution is 0.393. The molecular weight excluding hydrogens is 388 g/mol. The van der Waals surface area contributed by atoms with Gasteiger partial charge in [-0.05, 0) is 51.2 Å². The Hall–Kier alpha value is -3.19. The molecule has 0 amide bonds. The lowest BCUT2D eigenvalue weighted by atomic mass is 9.92. The fraction of sp³-hybridized carbons (Fsp3) is 0.375. The van der Waals surface area contributed by atoms with Crippen LogP contribution in [-0.2, 0) is 6.54 Å². The number of hydrogen-bond donors (Lipinski definition) is 2. The minimum Gasteiger partial charge on any atom is -0.361 e. The minimum atomic E-state index is 0.320. The van der Waals surface area contributed by atoms with Gasteiger partial charge in [-0.25, -0.2) is 4.98 Å². The SMILES string of the molecule is Cc1noc(C)c1-c1cnc2nc(NC3CCC(N)CC3)n(Cc3ccccc3)c2c1. The molecule has 7 nitrogen and oxygen atoms in total. The molecule has 1 aromatic carbocycles. The van der Waals surface area contributed by atoms with Crippen molar-refractivity contribution in [2.75, 3.05) is 5.32 Å². The Labute approximate surface area is 181 Å². The number of hydrogen-bond acceptors (Lipinski definition) is 6. The van der Waals surface area contributed by atoms with E-state index in [9.17, 15) is 0 Å². The molecule has 0 spiro atoms. The van der Waals surface area contributed by atoms with Crippen LogP contribution in [0.5, 0.6) is 0 Å². The van der Waals surface area contributed by atoms with E-state index in [0.717, 1.165) is 71.9 Å². The average molecular weight is 417 g/mol. The zero-order valence-corrected chi connectivity index (χ0v) is 18.0. The highest BCUT2D eigenvalue weighted by Gasteiger charge is 2.22. The molecule has 0 saturated heterocycles. The van der Waals surface area contributed by atoms with Crippen LogP contribution in [0.2, 0.25) is 0 Å². The maximum Gasteiger partial charge on any atom is 0.205 e. The summed E-state index contributed by atoms with van der Waals surface area (Å²) in [5.74, 6) is 1.66. The van der Waals surface area contributed by atoms with E-state index in [1.807, 2.05) is 26.1 Å². The second kappa shape index (κ2) is 8.15. The van der Waals surface area contributed by atoms with Crippen LogP contribution >= 0.6 is 0 Å². The first-order valence-electron chi connectivity index (χ1n) is 10.9. The van der Waals surface area contributed by atoms with E-state index < -0.39 is 0 Å². The standard InChI is InChI=1S/C24H28N6O/c1-15-22(16(2)31-29-15)18-12-21-23(26-13-18)28-24(27-20-10-8-19(25)9-11-20)30(21)14-17-6-4-3-5-7-17/h3-7,12-13,19-20H,8-11,14,25H2,1-2H3,(H,26,27,28). The summed E-state index contributed by atoms with van der Waals surface area (Å²) in [5.41, 5.74) is 11.9. The van der Waals surface area contributed by atoms with Gasteiger partial charge in [-0.3, -0.25) is 0 Å². The van der Waals surface area contributed by atoms with Crippen molar-refractivity contribution in [1.29, 1.82) is 0 Å². The summed E-state index contributed by atoms with van der Waals surface area (Å²) in [5, 5.41) is 7.79. The molecular formula is C24H28N6O. The highest BCUT2D eigenvalue weighted by Crippen LogP contribution is 2.31. The van der Waals surface area contributed by atoms with Gasteiger partial charge in [-0.2, -0.15) is 4.98 Å². The molecule has 1 saturated carbocycles. The van der Waals surface area contributed by atoms with E-state index in [4.69, 9.17) is 15.2 Å². The number of aromatic nitrogens is 4. The minimum absolute atomic E-state index is 0.320. The third-order valence-corrected chi connectivity index (χ3v) is 6.22. The van der Waals surface area contributed by atoms with E-state index in [0.29, 0.717) is 12.1 Å². The summed E-state index contributed by atoms with van der Waals surface area (Å²) in [6.45, 7) is 4.61. The largest absolute Gasteiger partial charge is 0.361 e. The second-order valence-corrected chi connectivity index (χ2v) is 8.53. The lowest BCUT2D eigenvalue weighted by Crippen LogP contribution is -2.33. The maximum absolute atomic E-state index is 6.10. The monoisotopic (exact) mass is 416 g/mol. The van der Waals surface area contributed by atoms with E-state index in [1.165, 1.54) is 5.56 Å². The normalized spacial score (nSPS) is 19.1. The number of rotatable bonds is 5. The van der Waals surface area contributed by atoms with Crippen LogP contribution in [0.4, 0.5) is 5.95 Å². The summed E-state index contributed by atoms with van der Waals surface area (Å²) in [6.07, 6.45) is 6.08. The predicted octanol–water partition coefficient (Wildman–Crippen LogP) is 4.43. The smallest absolute Gasteiger partial charge is 0.205 e. The molecule has 3 N–H and O–H groups in total. The fourth-order valence-corrected chi connectivity index (χ4v) is 4.52. The molecule has 1 aliphatic carbocycles. The Morgan fingerprint density at radius 2 is 1.90 bits per heavy atom. The fourth-order valence-electron chi connectivity index (χ4n) is 4.52. The Morgan fingerprint density at radius 3 is 2.61 bits per heavy atom. The Kier molecular flexibility index (Phi) is 5.19. The number of aryl methyl sites for hydroxylation is 2. The molecule has 31 heavy (non-hydrogen) atoms. The molecule has 3 aromatic heterocycles. The molecule has 0 aliphatic heterocycles. The zero-order valence-electron chi connectivity index (χ0n) is 18.0. The zero-order chi connectivity index (χ0) is 21.4. The summed E-state index contributed by atoms with van der Waals surface area (Å²) < 4.78 is 7.61. The van der Waals surface area contributed by atoms with Crippen molar-refractivity contribution in [3.63, 3.8) is 0 Å². The van der Waals surface area contributed by atoms with E-state index in [2.05, 4.69) is 50.4 Å². The molecule has 0 unspecified atom stereocenters. The van der Waals surface area contributed by atoms with E-state index >= 15 is 0 Å². The van der Waals surface area contributed by atoms with Gasteiger partial charge in [0.15, 0.2) is 5.65 Å². The average Bonchev–Trinajstić information content (AvgIpc) is 3.29. The van der Waals surface area contributed by atoms with Crippen LogP contribution in [-0.4, -0.2) is 31.8 Å². The van der Waals surface area contributed by atoms with Gasteiger partial charge >= 0.3 is 0 Å². The number of imidazole rings is 1. The third kappa shape index (κ3) is 3.93. The van der Waals surface area contributed by atoms with Gasteiger partial charge in [0.25, 0.3) is 0 Å². The van der Waals surface area contributed by atoms with Crippen molar-refractivity contribution >= 4 is 17.1 Å². The number of pyridine rings is 1. The number of fused-ring (bicyclic) bond motifs is 1. The first-order valence-corrected chi connectivity index (χ1v) is 10.9. The highest BCUT2D eigenvalue weighted by molar-refractivity contribution is 5.82. The molecule has 160 valence electrons. The predicted molar refractivity (Wildman–Crippen MR) is 122 cm³/mol. The topological polar surface area (TPSA) is 94.8 Å². The first kappa shape index (κ1) is 19.8. The molecule has 1 fully saturated rings. The maximum atomic E-state index is 6.10. The Balaban J connectivity index is 1.57. The molecule has 3 heterocycles. The molecule has 1 aliphatic rings. The number of nitrogens with one attached hydrogen (secondary N) is 1. The van der Waals surface area contributed by atoms with Gasteiger partial charge in [0.05, 0.1) is 17.8 Å². The number of nitrogens with two attached hydrogens (primary N) is 1. The van der Waals surface area contributed by atoms with Crippen LogP contribution in [0.15, 0.2) is 47.1 Å². The van der Waals surface area contributed by atoms with Gasteiger partial charge in [0, 0.05) is 29.4 Å². The van der Waals surface area contributed by atoms with Gasteiger partial charge in [-0.15, -0.1) is 0 Å². The third-order valence-electron chi connectivity index (χ3n) is 6.22. The van der Waals surface area contributed by atoms with Crippen molar-refractivity contribution in [3.8, 4) is 11.1 Å². The molecule has 0 bridgehead atoms. The summed E-state index contributed by atoms with van der Waals surface area (Å²) in [6, 6.07) is 13.3. The summed E-state index contributed by atoms with van der Waals surface area (Å²) >= 11 is 0. The summed E-state index contributed by atoms with van der Waals surface area (Å²) in [7, 11) is 0. The second-order valence-electron chi connectivity index (χ2n) is 8.53. The molecule has 7 heteroatoms. The molecule has 0 atom stereocenters.